The molecule has 1 aliphatic heterocycles. The zero-order chi connectivity index (χ0) is 15.4. The zero-order valence-electron chi connectivity index (χ0n) is 13.6. The fourth-order valence-corrected chi connectivity index (χ4v) is 3.59. The van der Waals surface area contributed by atoms with Gasteiger partial charge in [0.2, 0.25) is 0 Å². The molecule has 2 rings (SSSR count). The zero-order valence-corrected chi connectivity index (χ0v) is 13.6. The summed E-state index contributed by atoms with van der Waals surface area (Å²) in [6.07, 6.45) is 4.75. The van der Waals surface area contributed by atoms with Crippen LogP contribution in [-0.4, -0.2) is 17.7 Å². The summed E-state index contributed by atoms with van der Waals surface area (Å²) in [6, 6.07) is 4.14. The first-order chi connectivity index (χ1) is 10.1. The van der Waals surface area contributed by atoms with Crippen molar-refractivity contribution in [3.8, 4) is 6.07 Å². The van der Waals surface area contributed by atoms with Crippen LogP contribution < -0.4 is 10.6 Å². The number of hydrogen-bond donors (Lipinski definition) is 1. The Morgan fingerprint density at radius 3 is 2.52 bits per heavy atom. The molecule has 1 aliphatic rings. The summed E-state index contributed by atoms with van der Waals surface area (Å²) >= 11 is 0. The molecule has 2 N–H and O–H groups in total. The molecule has 0 bridgehead atoms. The number of hydrogen-bond acceptors (Lipinski definition) is 3. The van der Waals surface area contributed by atoms with Gasteiger partial charge in [-0.25, -0.2) is 0 Å². The minimum absolute atomic E-state index is 0.678. The molecule has 2 heterocycles. The maximum atomic E-state index is 9.37. The maximum absolute atomic E-state index is 9.37. The summed E-state index contributed by atoms with van der Waals surface area (Å²) in [5.74, 6) is 2.43. The van der Waals surface area contributed by atoms with Gasteiger partial charge in [0.1, 0.15) is 17.6 Å². The SMILES string of the molecule is CCCCCn1c(C#N)cc(N)c1N1C[C@H](C)C[C@@H](C)C1. The summed E-state index contributed by atoms with van der Waals surface area (Å²) < 4.78 is 2.13. The van der Waals surface area contributed by atoms with Crippen molar-refractivity contribution in [3.63, 3.8) is 0 Å². The predicted octanol–water partition coefficient (Wildman–Crippen LogP) is 3.61. The van der Waals surface area contributed by atoms with Crippen LogP contribution in [0.4, 0.5) is 11.5 Å². The summed E-state index contributed by atoms with van der Waals surface area (Å²) in [4.78, 5) is 2.39. The molecule has 1 aromatic rings. The predicted molar refractivity (Wildman–Crippen MR) is 88.2 cm³/mol. The molecule has 1 saturated heterocycles. The third-order valence-corrected chi connectivity index (χ3v) is 4.37. The summed E-state index contributed by atoms with van der Waals surface area (Å²) in [5, 5.41) is 9.37. The number of unbranched alkanes of at least 4 members (excludes halogenated alkanes) is 2. The van der Waals surface area contributed by atoms with Crippen molar-refractivity contribution in [2.75, 3.05) is 23.7 Å². The minimum Gasteiger partial charge on any atom is -0.396 e. The van der Waals surface area contributed by atoms with Crippen molar-refractivity contribution < 1.29 is 0 Å². The van der Waals surface area contributed by atoms with E-state index in [9.17, 15) is 5.26 Å². The van der Waals surface area contributed by atoms with Crippen LogP contribution in [0.1, 0.15) is 52.1 Å². The van der Waals surface area contributed by atoms with E-state index >= 15 is 0 Å². The molecule has 0 radical (unpaired) electrons. The van der Waals surface area contributed by atoms with Gasteiger partial charge in [-0.05, 0) is 30.7 Å². The van der Waals surface area contributed by atoms with E-state index in [4.69, 9.17) is 5.73 Å². The topological polar surface area (TPSA) is 58.0 Å². The van der Waals surface area contributed by atoms with Gasteiger partial charge >= 0.3 is 0 Å². The molecule has 1 aromatic heterocycles. The van der Waals surface area contributed by atoms with Gasteiger partial charge in [0.15, 0.2) is 0 Å². The maximum Gasteiger partial charge on any atom is 0.133 e. The number of aromatic nitrogens is 1. The lowest BCUT2D eigenvalue weighted by atomic mass is 9.92. The Morgan fingerprint density at radius 2 is 1.95 bits per heavy atom. The molecule has 0 amide bonds. The fraction of sp³-hybridized carbons (Fsp3) is 0.706. The van der Waals surface area contributed by atoms with Crippen LogP contribution in [0, 0.1) is 23.2 Å². The average Bonchev–Trinajstić information content (AvgIpc) is 2.74. The van der Waals surface area contributed by atoms with Crippen molar-refractivity contribution >= 4 is 11.5 Å². The van der Waals surface area contributed by atoms with Gasteiger partial charge in [-0.15, -0.1) is 0 Å². The third kappa shape index (κ3) is 3.53. The number of anilines is 2. The second-order valence-corrected chi connectivity index (χ2v) is 6.63. The number of nitrogens with two attached hydrogens (primary N) is 1. The second kappa shape index (κ2) is 6.89. The number of nitrogens with zero attached hydrogens (tertiary/aromatic N) is 3. The Kier molecular flexibility index (Phi) is 5.17. The van der Waals surface area contributed by atoms with Crippen molar-refractivity contribution in [1.82, 2.24) is 4.57 Å². The Morgan fingerprint density at radius 1 is 1.29 bits per heavy atom. The van der Waals surface area contributed by atoms with Crippen molar-refractivity contribution in [1.29, 1.82) is 5.26 Å². The summed E-state index contributed by atoms with van der Waals surface area (Å²) in [5.41, 5.74) is 7.68. The first-order valence-electron chi connectivity index (χ1n) is 8.20. The van der Waals surface area contributed by atoms with Gasteiger partial charge in [-0.3, -0.25) is 0 Å². The van der Waals surface area contributed by atoms with Crippen molar-refractivity contribution in [2.24, 2.45) is 11.8 Å². The van der Waals surface area contributed by atoms with E-state index in [0.717, 1.165) is 37.6 Å². The van der Waals surface area contributed by atoms with Crippen LogP contribution in [0.5, 0.6) is 0 Å². The van der Waals surface area contributed by atoms with Crippen LogP contribution in [0.15, 0.2) is 6.07 Å². The van der Waals surface area contributed by atoms with Gasteiger partial charge in [0.25, 0.3) is 0 Å². The highest BCUT2D eigenvalue weighted by Gasteiger charge is 2.26. The summed E-state index contributed by atoms with van der Waals surface area (Å²) in [6.45, 7) is 9.77. The van der Waals surface area contributed by atoms with Crippen LogP contribution in [-0.2, 0) is 6.54 Å². The van der Waals surface area contributed by atoms with E-state index in [2.05, 4.69) is 36.3 Å². The first-order valence-corrected chi connectivity index (χ1v) is 8.20. The molecule has 4 heteroatoms. The van der Waals surface area contributed by atoms with Crippen LogP contribution >= 0.6 is 0 Å². The minimum atomic E-state index is 0.678. The second-order valence-electron chi connectivity index (χ2n) is 6.63. The van der Waals surface area contributed by atoms with Gasteiger partial charge < -0.3 is 15.2 Å². The van der Waals surface area contributed by atoms with Crippen LogP contribution in [0.2, 0.25) is 0 Å². The van der Waals surface area contributed by atoms with E-state index in [1.807, 2.05) is 6.07 Å². The standard InChI is InChI=1S/C17H28N4/c1-4-5-6-7-21-15(10-18)9-16(19)17(21)20-11-13(2)8-14(3)12-20/h9,13-14H,4-8,11-12,19H2,1-3H3/t13-,14-/m1/s1. The normalized spacial score (nSPS) is 22.3. The van der Waals surface area contributed by atoms with E-state index in [1.54, 1.807) is 0 Å². The molecule has 0 spiro atoms. The number of nitrogen functional groups attached to an aromatic ring is 1. The first kappa shape index (κ1) is 15.8. The molecule has 2 atom stereocenters. The Balaban J connectivity index is 2.28. The highest BCUT2D eigenvalue weighted by Crippen LogP contribution is 2.33. The smallest absolute Gasteiger partial charge is 0.133 e. The lowest BCUT2D eigenvalue weighted by Crippen LogP contribution is -2.40. The third-order valence-electron chi connectivity index (χ3n) is 4.37. The molecule has 4 nitrogen and oxygen atoms in total. The van der Waals surface area contributed by atoms with Crippen molar-refractivity contribution in [2.45, 2.75) is 53.0 Å². The number of nitriles is 1. The Hall–Kier alpha value is -1.63. The monoisotopic (exact) mass is 288 g/mol. The summed E-state index contributed by atoms with van der Waals surface area (Å²) in [7, 11) is 0. The molecule has 21 heavy (non-hydrogen) atoms. The molecular formula is C17H28N4. The average molecular weight is 288 g/mol. The Labute approximate surface area is 128 Å². The van der Waals surface area contributed by atoms with Crippen LogP contribution in [0.25, 0.3) is 0 Å². The molecule has 0 aliphatic carbocycles. The van der Waals surface area contributed by atoms with Gasteiger partial charge in [0, 0.05) is 19.6 Å². The largest absolute Gasteiger partial charge is 0.396 e. The highest BCUT2D eigenvalue weighted by atomic mass is 15.3. The van der Waals surface area contributed by atoms with E-state index in [1.165, 1.54) is 19.3 Å². The van der Waals surface area contributed by atoms with Gasteiger partial charge in [-0.1, -0.05) is 33.6 Å². The quantitative estimate of drug-likeness (QED) is 0.842. The molecule has 0 saturated carbocycles. The van der Waals surface area contributed by atoms with Gasteiger partial charge in [-0.2, -0.15) is 5.26 Å². The molecule has 116 valence electrons. The highest BCUT2D eigenvalue weighted by molar-refractivity contribution is 5.68. The lowest BCUT2D eigenvalue weighted by Gasteiger charge is -2.37. The molecule has 0 unspecified atom stereocenters. The molecule has 1 fully saturated rings. The molecule has 0 aromatic carbocycles. The number of piperidine rings is 1. The van der Waals surface area contributed by atoms with Gasteiger partial charge in [0.05, 0.1) is 5.69 Å². The van der Waals surface area contributed by atoms with E-state index < -0.39 is 0 Å². The van der Waals surface area contributed by atoms with E-state index in [-0.39, 0.29) is 0 Å². The number of rotatable bonds is 5. The van der Waals surface area contributed by atoms with Crippen LogP contribution in [0.3, 0.4) is 0 Å². The van der Waals surface area contributed by atoms with E-state index in [0.29, 0.717) is 17.5 Å². The van der Waals surface area contributed by atoms with Crippen molar-refractivity contribution in [3.05, 3.63) is 11.8 Å². The fourth-order valence-electron chi connectivity index (χ4n) is 3.59. The Bertz CT molecular complexity index is 502. The lowest BCUT2D eigenvalue weighted by molar-refractivity contribution is 0.353. The molecular weight excluding hydrogens is 260 g/mol.